The molecule has 3 rings (SSSR count). The average molecular weight is 297 g/mol. The van der Waals surface area contributed by atoms with Gasteiger partial charge in [-0.05, 0) is 30.2 Å². The lowest BCUT2D eigenvalue weighted by atomic mass is 10.1. The molecule has 2 nitrogen and oxygen atoms in total. The second kappa shape index (κ2) is 6.35. The van der Waals surface area contributed by atoms with Gasteiger partial charge in [-0.25, -0.2) is 4.99 Å². The highest BCUT2D eigenvalue weighted by Gasteiger charge is 2.24. The Kier molecular flexibility index (Phi) is 4.30. The maximum absolute atomic E-state index is 5.83. The van der Waals surface area contributed by atoms with Crippen LogP contribution in [0.1, 0.15) is 19.4 Å². The quantitative estimate of drug-likeness (QED) is 0.820. The summed E-state index contributed by atoms with van der Waals surface area (Å²) in [5.41, 5.74) is 1.09. The third-order valence-corrected chi connectivity index (χ3v) is 4.62. The standard InChI is InChI=1S/C18H19NOS/c1-13(2)16-12-20-18(19-16)15-10-6-7-11-17(15)21-14-8-4-3-5-9-14/h3-11,13,16H,12H2,1-2H3/t16-/m1/s1. The Balaban J connectivity index is 1.88. The van der Waals surface area contributed by atoms with Crippen molar-refractivity contribution in [3.8, 4) is 0 Å². The van der Waals surface area contributed by atoms with Crippen molar-refractivity contribution in [2.75, 3.05) is 6.61 Å². The van der Waals surface area contributed by atoms with Gasteiger partial charge in [0.05, 0.1) is 11.6 Å². The second-order valence-electron chi connectivity index (χ2n) is 5.47. The molecule has 1 aliphatic heterocycles. The Morgan fingerprint density at radius 2 is 1.76 bits per heavy atom. The van der Waals surface area contributed by atoms with Crippen molar-refractivity contribution in [3.05, 3.63) is 60.2 Å². The fraction of sp³-hybridized carbons (Fsp3) is 0.278. The van der Waals surface area contributed by atoms with E-state index in [2.05, 4.69) is 56.3 Å². The number of ether oxygens (including phenoxy) is 1. The average Bonchev–Trinajstić information content (AvgIpc) is 2.99. The SMILES string of the molecule is CC(C)[C@H]1COC(c2ccccc2Sc2ccccc2)=N1. The number of nitrogens with zero attached hydrogens (tertiary/aromatic N) is 1. The summed E-state index contributed by atoms with van der Waals surface area (Å²) in [5, 5.41) is 0. The fourth-order valence-electron chi connectivity index (χ4n) is 2.23. The Morgan fingerprint density at radius 1 is 1.05 bits per heavy atom. The molecular formula is C18H19NOS. The molecule has 0 bridgehead atoms. The van der Waals surface area contributed by atoms with E-state index < -0.39 is 0 Å². The van der Waals surface area contributed by atoms with Gasteiger partial charge in [-0.3, -0.25) is 0 Å². The van der Waals surface area contributed by atoms with Crippen LogP contribution in [-0.4, -0.2) is 18.5 Å². The monoisotopic (exact) mass is 297 g/mol. The maximum atomic E-state index is 5.83. The van der Waals surface area contributed by atoms with Crippen LogP contribution in [0.25, 0.3) is 0 Å². The van der Waals surface area contributed by atoms with Gasteiger partial charge < -0.3 is 4.74 Å². The van der Waals surface area contributed by atoms with Gasteiger partial charge in [-0.15, -0.1) is 0 Å². The fourth-order valence-corrected chi connectivity index (χ4v) is 3.19. The minimum atomic E-state index is 0.273. The summed E-state index contributed by atoms with van der Waals surface area (Å²) < 4.78 is 5.83. The van der Waals surface area contributed by atoms with E-state index in [0.29, 0.717) is 12.5 Å². The molecule has 0 saturated heterocycles. The molecule has 0 unspecified atom stereocenters. The zero-order valence-corrected chi connectivity index (χ0v) is 13.1. The Labute approximate surface area is 130 Å². The van der Waals surface area contributed by atoms with Gasteiger partial charge in [0.1, 0.15) is 6.61 Å². The molecule has 0 fully saturated rings. The third kappa shape index (κ3) is 3.30. The van der Waals surface area contributed by atoms with Crippen molar-refractivity contribution in [1.29, 1.82) is 0 Å². The molecule has 0 radical (unpaired) electrons. The number of benzene rings is 2. The van der Waals surface area contributed by atoms with Crippen LogP contribution >= 0.6 is 11.8 Å². The number of hydrogen-bond donors (Lipinski definition) is 0. The van der Waals surface area contributed by atoms with E-state index in [-0.39, 0.29) is 6.04 Å². The lowest BCUT2D eigenvalue weighted by Gasteiger charge is -2.08. The van der Waals surface area contributed by atoms with E-state index in [0.717, 1.165) is 11.5 Å². The highest BCUT2D eigenvalue weighted by atomic mass is 32.2. The smallest absolute Gasteiger partial charge is 0.217 e. The molecule has 2 aromatic rings. The second-order valence-corrected chi connectivity index (χ2v) is 6.58. The first-order valence-electron chi connectivity index (χ1n) is 7.27. The van der Waals surface area contributed by atoms with E-state index >= 15 is 0 Å². The Hall–Kier alpha value is -1.74. The van der Waals surface area contributed by atoms with Crippen molar-refractivity contribution in [3.63, 3.8) is 0 Å². The molecule has 2 aromatic carbocycles. The Bertz CT molecular complexity index is 637. The first kappa shape index (κ1) is 14.2. The van der Waals surface area contributed by atoms with E-state index in [1.54, 1.807) is 11.8 Å². The first-order chi connectivity index (χ1) is 10.2. The first-order valence-corrected chi connectivity index (χ1v) is 8.08. The zero-order valence-electron chi connectivity index (χ0n) is 12.3. The minimum Gasteiger partial charge on any atom is -0.475 e. The largest absolute Gasteiger partial charge is 0.475 e. The topological polar surface area (TPSA) is 21.6 Å². The maximum Gasteiger partial charge on any atom is 0.217 e. The van der Waals surface area contributed by atoms with Crippen LogP contribution in [-0.2, 0) is 4.74 Å². The summed E-state index contributed by atoms with van der Waals surface area (Å²) in [4.78, 5) is 7.15. The van der Waals surface area contributed by atoms with Gasteiger partial charge in [0.2, 0.25) is 5.90 Å². The predicted octanol–water partition coefficient (Wildman–Crippen LogP) is 4.64. The van der Waals surface area contributed by atoms with Crippen LogP contribution < -0.4 is 0 Å². The van der Waals surface area contributed by atoms with Crippen LogP contribution in [0.15, 0.2) is 69.4 Å². The summed E-state index contributed by atoms with van der Waals surface area (Å²) in [7, 11) is 0. The van der Waals surface area contributed by atoms with Crippen molar-refractivity contribution < 1.29 is 4.74 Å². The summed E-state index contributed by atoms with van der Waals surface area (Å²) in [6.07, 6.45) is 0. The lowest BCUT2D eigenvalue weighted by Crippen LogP contribution is -2.13. The van der Waals surface area contributed by atoms with Gasteiger partial charge >= 0.3 is 0 Å². The van der Waals surface area contributed by atoms with Crippen molar-refractivity contribution >= 4 is 17.7 Å². The predicted molar refractivity (Wildman–Crippen MR) is 88.1 cm³/mol. The zero-order chi connectivity index (χ0) is 14.7. The summed E-state index contributed by atoms with van der Waals surface area (Å²) in [6, 6.07) is 19.0. The van der Waals surface area contributed by atoms with E-state index in [4.69, 9.17) is 9.73 Å². The third-order valence-electron chi connectivity index (χ3n) is 3.53. The van der Waals surface area contributed by atoms with Crippen LogP contribution in [0.3, 0.4) is 0 Å². The van der Waals surface area contributed by atoms with Crippen LogP contribution in [0.5, 0.6) is 0 Å². The van der Waals surface area contributed by atoms with Crippen LogP contribution in [0.4, 0.5) is 0 Å². The molecule has 108 valence electrons. The highest BCUT2D eigenvalue weighted by Crippen LogP contribution is 2.32. The van der Waals surface area contributed by atoms with Crippen molar-refractivity contribution in [2.24, 2.45) is 10.9 Å². The van der Waals surface area contributed by atoms with Gasteiger partial charge in [-0.1, -0.05) is 55.9 Å². The normalized spacial score (nSPS) is 17.7. The minimum absolute atomic E-state index is 0.273. The molecule has 21 heavy (non-hydrogen) atoms. The molecule has 1 heterocycles. The molecular weight excluding hydrogens is 278 g/mol. The van der Waals surface area contributed by atoms with E-state index in [1.165, 1.54) is 9.79 Å². The molecule has 0 N–H and O–H groups in total. The van der Waals surface area contributed by atoms with Crippen LogP contribution in [0, 0.1) is 5.92 Å². The summed E-state index contributed by atoms with van der Waals surface area (Å²) in [5.74, 6) is 1.30. The number of aliphatic imine (C=N–C) groups is 1. The molecule has 0 aromatic heterocycles. The molecule has 3 heteroatoms. The lowest BCUT2D eigenvalue weighted by molar-refractivity contribution is 0.291. The summed E-state index contributed by atoms with van der Waals surface area (Å²) in [6.45, 7) is 5.06. The van der Waals surface area contributed by atoms with Crippen LogP contribution in [0.2, 0.25) is 0 Å². The van der Waals surface area contributed by atoms with Gasteiger partial charge in [0, 0.05) is 9.79 Å². The highest BCUT2D eigenvalue weighted by molar-refractivity contribution is 7.99. The molecule has 0 spiro atoms. The van der Waals surface area contributed by atoms with Crippen molar-refractivity contribution in [2.45, 2.75) is 29.7 Å². The molecule has 0 aliphatic carbocycles. The summed E-state index contributed by atoms with van der Waals surface area (Å²) >= 11 is 1.75. The van der Waals surface area contributed by atoms with E-state index in [9.17, 15) is 0 Å². The van der Waals surface area contributed by atoms with Gasteiger partial charge in [0.15, 0.2) is 0 Å². The molecule has 1 aliphatic rings. The Morgan fingerprint density at radius 3 is 2.48 bits per heavy atom. The molecule has 0 saturated carbocycles. The number of hydrogen-bond acceptors (Lipinski definition) is 3. The molecule has 1 atom stereocenters. The number of rotatable bonds is 4. The van der Waals surface area contributed by atoms with Crippen molar-refractivity contribution in [1.82, 2.24) is 0 Å². The van der Waals surface area contributed by atoms with Gasteiger partial charge in [0.25, 0.3) is 0 Å². The van der Waals surface area contributed by atoms with Gasteiger partial charge in [-0.2, -0.15) is 0 Å². The molecule has 0 amide bonds. The van der Waals surface area contributed by atoms with E-state index in [1.807, 2.05) is 12.1 Å².